The summed E-state index contributed by atoms with van der Waals surface area (Å²) in [7, 11) is 0. The number of ether oxygens (including phenoxy) is 1. The third kappa shape index (κ3) is 5.19. The SMILES string of the molecule is CC(C)(C)Oc1ccc(C(=O)C(C)(C)C)cc1C(=O)C(C)(C)C. The molecule has 0 amide bonds. The zero-order valence-corrected chi connectivity index (χ0v) is 16.0. The molecule has 0 heterocycles. The molecule has 128 valence electrons. The summed E-state index contributed by atoms with van der Waals surface area (Å²) in [5.41, 5.74) is -0.426. The Morgan fingerprint density at radius 3 is 1.65 bits per heavy atom. The van der Waals surface area contributed by atoms with Crippen LogP contribution in [0.15, 0.2) is 18.2 Å². The molecule has 0 atom stereocenters. The van der Waals surface area contributed by atoms with Gasteiger partial charge in [0.25, 0.3) is 0 Å². The maximum absolute atomic E-state index is 12.8. The fourth-order valence-electron chi connectivity index (χ4n) is 2.10. The maximum Gasteiger partial charge on any atom is 0.171 e. The van der Waals surface area contributed by atoms with Gasteiger partial charge in [-0.3, -0.25) is 9.59 Å². The normalized spacial score (nSPS) is 12.9. The summed E-state index contributed by atoms with van der Waals surface area (Å²) in [6.07, 6.45) is 0. The maximum atomic E-state index is 12.8. The van der Waals surface area contributed by atoms with Crippen LogP contribution in [0.1, 0.15) is 83.0 Å². The summed E-state index contributed by atoms with van der Waals surface area (Å²) < 4.78 is 5.94. The molecule has 0 spiro atoms. The molecule has 0 N–H and O–H groups in total. The molecule has 23 heavy (non-hydrogen) atoms. The van der Waals surface area contributed by atoms with E-state index in [1.165, 1.54) is 0 Å². The summed E-state index contributed by atoms with van der Waals surface area (Å²) >= 11 is 0. The van der Waals surface area contributed by atoms with Crippen molar-refractivity contribution in [3.63, 3.8) is 0 Å². The average Bonchev–Trinajstić information content (AvgIpc) is 2.33. The lowest BCUT2D eigenvalue weighted by Gasteiger charge is -2.26. The van der Waals surface area contributed by atoms with Gasteiger partial charge in [-0.1, -0.05) is 41.5 Å². The van der Waals surface area contributed by atoms with Crippen LogP contribution in [0.4, 0.5) is 0 Å². The minimum atomic E-state index is -0.542. The van der Waals surface area contributed by atoms with Crippen LogP contribution in [0, 0.1) is 10.8 Å². The fourth-order valence-corrected chi connectivity index (χ4v) is 2.10. The molecule has 0 aliphatic heterocycles. The molecule has 0 bridgehead atoms. The number of hydrogen-bond acceptors (Lipinski definition) is 3. The number of hydrogen-bond donors (Lipinski definition) is 0. The Balaban J connectivity index is 3.46. The highest BCUT2D eigenvalue weighted by molar-refractivity contribution is 6.06. The van der Waals surface area contributed by atoms with Crippen LogP contribution in [0.2, 0.25) is 0 Å². The van der Waals surface area contributed by atoms with Crippen LogP contribution in [0.25, 0.3) is 0 Å². The molecule has 1 rings (SSSR count). The number of rotatable bonds is 3. The van der Waals surface area contributed by atoms with Gasteiger partial charge in [-0.2, -0.15) is 0 Å². The molecule has 0 saturated carbocycles. The van der Waals surface area contributed by atoms with Gasteiger partial charge in [0.05, 0.1) is 5.56 Å². The Bertz CT molecular complexity index is 605. The molecular formula is C20H30O3. The van der Waals surface area contributed by atoms with Crippen molar-refractivity contribution in [1.29, 1.82) is 0 Å². The van der Waals surface area contributed by atoms with E-state index >= 15 is 0 Å². The number of carbonyl (C=O) groups is 2. The number of Topliss-reactive ketones (excluding diaryl/α,β-unsaturated/α-hetero) is 2. The first-order chi connectivity index (χ1) is 10.1. The second-order valence-electron chi connectivity index (χ2n) is 9.08. The Kier molecular flexibility index (Phi) is 5.15. The van der Waals surface area contributed by atoms with Crippen LogP contribution >= 0.6 is 0 Å². The lowest BCUT2D eigenvalue weighted by Crippen LogP contribution is -2.27. The zero-order valence-electron chi connectivity index (χ0n) is 16.0. The number of ketones is 2. The van der Waals surface area contributed by atoms with Crippen LogP contribution in [0.5, 0.6) is 5.75 Å². The molecule has 0 fully saturated rings. The summed E-state index contributed by atoms with van der Waals surface area (Å²) in [6, 6.07) is 5.17. The first kappa shape index (κ1) is 19.4. The fraction of sp³-hybridized carbons (Fsp3) is 0.600. The van der Waals surface area contributed by atoms with Gasteiger partial charge < -0.3 is 4.74 Å². The van der Waals surface area contributed by atoms with E-state index < -0.39 is 16.4 Å². The van der Waals surface area contributed by atoms with Gasteiger partial charge in [0.2, 0.25) is 0 Å². The third-order valence-corrected chi connectivity index (χ3v) is 3.26. The van der Waals surface area contributed by atoms with Gasteiger partial charge in [-0.25, -0.2) is 0 Å². The highest BCUT2D eigenvalue weighted by Gasteiger charge is 2.30. The van der Waals surface area contributed by atoms with Crippen molar-refractivity contribution >= 4 is 11.6 Å². The van der Waals surface area contributed by atoms with Crippen molar-refractivity contribution in [3.8, 4) is 5.75 Å². The first-order valence-corrected chi connectivity index (χ1v) is 8.05. The van der Waals surface area contributed by atoms with Gasteiger partial charge in [0, 0.05) is 16.4 Å². The van der Waals surface area contributed by atoms with Crippen molar-refractivity contribution in [2.45, 2.75) is 67.9 Å². The molecule has 0 aromatic heterocycles. The topological polar surface area (TPSA) is 43.4 Å². The minimum Gasteiger partial charge on any atom is -0.487 e. The minimum absolute atomic E-state index is 0.0165. The van der Waals surface area contributed by atoms with Crippen LogP contribution in [0.3, 0.4) is 0 Å². The van der Waals surface area contributed by atoms with Crippen molar-refractivity contribution < 1.29 is 14.3 Å². The predicted octanol–water partition coefficient (Wildman–Crippen LogP) is 5.32. The summed E-state index contributed by atoms with van der Waals surface area (Å²) in [5.74, 6) is 0.519. The van der Waals surface area contributed by atoms with Crippen molar-refractivity contribution in [3.05, 3.63) is 29.3 Å². The molecule has 3 heteroatoms. The standard InChI is InChI=1S/C20H30O3/c1-18(2,3)16(21)13-10-11-15(23-20(7,8)9)14(12-13)17(22)19(4,5)6/h10-12H,1-9H3. The van der Waals surface area contributed by atoms with E-state index in [1.54, 1.807) is 18.2 Å². The Hall–Kier alpha value is -1.64. The second kappa shape index (κ2) is 6.10. The van der Waals surface area contributed by atoms with E-state index in [9.17, 15) is 9.59 Å². The summed E-state index contributed by atoms with van der Waals surface area (Å²) in [5, 5.41) is 0. The highest BCUT2D eigenvalue weighted by Crippen LogP contribution is 2.32. The summed E-state index contributed by atoms with van der Waals surface area (Å²) in [4.78, 5) is 25.3. The van der Waals surface area contributed by atoms with E-state index in [2.05, 4.69) is 0 Å². The lowest BCUT2D eigenvalue weighted by atomic mass is 9.82. The van der Waals surface area contributed by atoms with E-state index in [0.717, 1.165) is 0 Å². The predicted molar refractivity (Wildman–Crippen MR) is 94.4 cm³/mol. The highest BCUT2D eigenvalue weighted by atomic mass is 16.5. The quantitative estimate of drug-likeness (QED) is 0.708. The average molecular weight is 318 g/mol. The monoisotopic (exact) mass is 318 g/mol. The molecule has 0 saturated heterocycles. The number of benzene rings is 1. The zero-order chi connectivity index (χ0) is 18.2. The van der Waals surface area contributed by atoms with E-state index in [1.807, 2.05) is 62.3 Å². The van der Waals surface area contributed by atoms with Crippen LogP contribution in [-0.4, -0.2) is 17.2 Å². The van der Waals surface area contributed by atoms with Crippen LogP contribution < -0.4 is 4.74 Å². The molecule has 1 aromatic carbocycles. The van der Waals surface area contributed by atoms with E-state index in [4.69, 9.17) is 4.74 Å². The first-order valence-electron chi connectivity index (χ1n) is 8.05. The van der Waals surface area contributed by atoms with Crippen molar-refractivity contribution in [2.75, 3.05) is 0 Å². The molecule has 0 radical (unpaired) electrons. The molecule has 3 nitrogen and oxygen atoms in total. The molecule has 0 aliphatic rings. The number of carbonyl (C=O) groups excluding carboxylic acids is 2. The lowest BCUT2D eigenvalue weighted by molar-refractivity contribution is 0.0839. The van der Waals surface area contributed by atoms with Crippen molar-refractivity contribution in [1.82, 2.24) is 0 Å². The van der Waals surface area contributed by atoms with Crippen LogP contribution in [-0.2, 0) is 0 Å². The van der Waals surface area contributed by atoms with Gasteiger partial charge in [0.1, 0.15) is 11.4 Å². The Morgan fingerprint density at radius 1 is 0.783 bits per heavy atom. The molecule has 1 aromatic rings. The second-order valence-corrected chi connectivity index (χ2v) is 9.08. The van der Waals surface area contributed by atoms with Gasteiger partial charge in [0.15, 0.2) is 11.6 Å². The Morgan fingerprint density at radius 2 is 1.26 bits per heavy atom. The molecule has 0 unspecified atom stereocenters. The van der Waals surface area contributed by atoms with E-state index in [-0.39, 0.29) is 11.6 Å². The van der Waals surface area contributed by atoms with E-state index in [0.29, 0.717) is 16.9 Å². The smallest absolute Gasteiger partial charge is 0.171 e. The van der Waals surface area contributed by atoms with Gasteiger partial charge in [-0.05, 0) is 39.0 Å². The third-order valence-electron chi connectivity index (χ3n) is 3.26. The summed E-state index contributed by atoms with van der Waals surface area (Å²) in [6.45, 7) is 17.0. The van der Waals surface area contributed by atoms with Gasteiger partial charge in [-0.15, -0.1) is 0 Å². The molecule has 0 aliphatic carbocycles. The largest absolute Gasteiger partial charge is 0.487 e. The molecular weight excluding hydrogens is 288 g/mol. The van der Waals surface area contributed by atoms with Gasteiger partial charge >= 0.3 is 0 Å². The van der Waals surface area contributed by atoms with Crippen molar-refractivity contribution in [2.24, 2.45) is 10.8 Å². The Labute approximate surface area is 140 Å².